The highest BCUT2D eigenvalue weighted by Gasteiger charge is 2.21. The van der Waals surface area contributed by atoms with Gasteiger partial charge in [-0.2, -0.15) is 10.1 Å². The molecule has 0 radical (unpaired) electrons. The summed E-state index contributed by atoms with van der Waals surface area (Å²) in [5, 5.41) is 11.8. The molecule has 3 N–H and O–H groups in total. The summed E-state index contributed by atoms with van der Waals surface area (Å²) in [6, 6.07) is 8.21. The lowest BCUT2D eigenvalue weighted by molar-refractivity contribution is 0.0940. The number of halogens is 1. The molecule has 0 saturated carbocycles. The van der Waals surface area contributed by atoms with Crippen LogP contribution in [0.1, 0.15) is 56.1 Å². The van der Waals surface area contributed by atoms with Gasteiger partial charge >= 0.3 is 0 Å². The molecule has 4 aromatic rings. The summed E-state index contributed by atoms with van der Waals surface area (Å²) >= 11 is 0. The van der Waals surface area contributed by atoms with Crippen LogP contribution in [0, 0.1) is 11.7 Å². The van der Waals surface area contributed by atoms with E-state index in [2.05, 4.69) is 34.3 Å². The third-order valence-electron chi connectivity index (χ3n) is 5.75. The van der Waals surface area contributed by atoms with Gasteiger partial charge in [-0.25, -0.2) is 8.91 Å². The second-order valence-electron chi connectivity index (χ2n) is 8.61. The number of nitrogens with one attached hydrogen (secondary N) is 1. The second kappa shape index (κ2) is 9.01. The van der Waals surface area contributed by atoms with Crippen LogP contribution in [0.5, 0.6) is 0 Å². The van der Waals surface area contributed by atoms with Crippen LogP contribution in [0.2, 0.25) is 0 Å². The van der Waals surface area contributed by atoms with E-state index < -0.39 is 0 Å². The normalized spacial score (nSPS) is 13.4. The zero-order valence-electron chi connectivity index (χ0n) is 19.2. The fraction of sp³-hybridized carbons (Fsp3) is 0.333. The van der Waals surface area contributed by atoms with Crippen molar-refractivity contribution in [1.29, 1.82) is 0 Å². The lowest BCUT2D eigenvalue weighted by atomic mass is 9.96. The molecule has 4 rings (SSSR count). The second-order valence-corrected chi connectivity index (χ2v) is 8.61. The average molecular weight is 450 g/mol. The third kappa shape index (κ3) is 4.57. The topological polar surface area (TPSA) is 103 Å². The van der Waals surface area contributed by atoms with Gasteiger partial charge in [0.2, 0.25) is 5.95 Å². The molecule has 0 aliphatic heterocycles. The van der Waals surface area contributed by atoms with Gasteiger partial charge in [0.25, 0.3) is 5.91 Å². The molecule has 0 fully saturated rings. The van der Waals surface area contributed by atoms with Crippen LogP contribution in [0.4, 0.5) is 10.3 Å². The van der Waals surface area contributed by atoms with Gasteiger partial charge in [-0.15, -0.1) is 5.10 Å². The van der Waals surface area contributed by atoms with Gasteiger partial charge in [0, 0.05) is 29.6 Å². The minimum Gasteiger partial charge on any atom is -0.366 e. The smallest absolute Gasteiger partial charge is 0.255 e. The van der Waals surface area contributed by atoms with Gasteiger partial charge in [0.05, 0.1) is 17.8 Å². The van der Waals surface area contributed by atoms with E-state index in [9.17, 15) is 9.18 Å². The van der Waals surface area contributed by atoms with E-state index in [1.54, 1.807) is 30.6 Å². The van der Waals surface area contributed by atoms with E-state index in [0.717, 1.165) is 23.1 Å². The molecular formula is C24H28FN7O. The Labute approximate surface area is 191 Å². The minimum atomic E-state index is -0.272. The number of hydrogen-bond donors (Lipinski definition) is 2. The number of carbonyl (C=O) groups excluding carboxylic acids is 1. The standard InChI is InChI=1S/C24H28FN7O/c1-5-15(4)28-23(33)20-10-17(12-32-22(20)29-24(26)30-32)18-11-27-31(13-18)21(14(2)3)16-6-8-19(25)9-7-16/h6-15,21H,5H2,1-4H3,(H2,26,30)(H,28,33). The summed E-state index contributed by atoms with van der Waals surface area (Å²) in [7, 11) is 0. The van der Waals surface area contributed by atoms with Gasteiger partial charge in [0.1, 0.15) is 5.82 Å². The van der Waals surface area contributed by atoms with Gasteiger partial charge in [-0.1, -0.05) is 32.9 Å². The molecule has 8 nitrogen and oxygen atoms in total. The van der Waals surface area contributed by atoms with Crippen LogP contribution in [-0.4, -0.2) is 36.3 Å². The fourth-order valence-electron chi connectivity index (χ4n) is 3.87. The maximum Gasteiger partial charge on any atom is 0.255 e. The van der Waals surface area contributed by atoms with E-state index in [-0.39, 0.29) is 35.7 Å². The summed E-state index contributed by atoms with van der Waals surface area (Å²) in [6.45, 7) is 8.14. The number of fused-ring (bicyclic) bond motifs is 1. The summed E-state index contributed by atoms with van der Waals surface area (Å²) in [5.74, 6) is -0.192. The Morgan fingerprint density at radius 3 is 2.55 bits per heavy atom. The number of carbonyl (C=O) groups is 1. The van der Waals surface area contributed by atoms with Crippen molar-refractivity contribution in [2.24, 2.45) is 5.92 Å². The summed E-state index contributed by atoms with van der Waals surface area (Å²) in [6.07, 6.45) is 6.26. The largest absolute Gasteiger partial charge is 0.366 e. The van der Waals surface area contributed by atoms with Crippen molar-refractivity contribution in [2.45, 2.75) is 46.2 Å². The van der Waals surface area contributed by atoms with E-state index in [1.165, 1.54) is 16.6 Å². The number of aromatic nitrogens is 5. The molecule has 2 atom stereocenters. The van der Waals surface area contributed by atoms with E-state index >= 15 is 0 Å². The van der Waals surface area contributed by atoms with E-state index in [0.29, 0.717) is 11.2 Å². The Morgan fingerprint density at radius 1 is 1.15 bits per heavy atom. The average Bonchev–Trinajstić information content (AvgIpc) is 3.40. The lowest BCUT2D eigenvalue weighted by Crippen LogP contribution is -2.32. The molecule has 172 valence electrons. The van der Waals surface area contributed by atoms with Crippen molar-refractivity contribution in [3.05, 3.63) is 65.9 Å². The number of nitrogens with two attached hydrogens (primary N) is 1. The first kappa shape index (κ1) is 22.4. The first-order valence-corrected chi connectivity index (χ1v) is 11.0. The zero-order valence-corrected chi connectivity index (χ0v) is 19.2. The number of amides is 1. The number of nitrogens with zero attached hydrogens (tertiary/aromatic N) is 5. The van der Waals surface area contributed by atoms with Crippen molar-refractivity contribution in [3.63, 3.8) is 0 Å². The van der Waals surface area contributed by atoms with Crippen molar-refractivity contribution < 1.29 is 9.18 Å². The Balaban J connectivity index is 1.75. The highest BCUT2D eigenvalue weighted by molar-refractivity contribution is 6.01. The quantitative estimate of drug-likeness (QED) is 0.442. The highest BCUT2D eigenvalue weighted by atomic mass is 19.1. The SMILES string of the molecule is CCC(C)NC(=O)c1cc(-c2cnn(C(c3ccc(F)cc3)C(C)C)c2)cn2nc(N)nc12. The molecule has 0 aliphatic rings. The zero-order chi connectivity index (χ0) is 23.7. The lowest BCUT2D eigenvalue weighted by Gasteiger charge is -2.22. The predicted molar refractivity (Wildman–Crippen MR) is 125 cm³/mol. The number of rotatable bonds is 7. The molecule has 33 heavy (non-hydrogen) atoms. The molecule has 3 aromatic heterocycles. The van der Waals surface area contributed by atoms with Crippen LogP contribution >= 0.6 is 0 Å². The maximum absolute atomic E-state index is 13.4. The fourth-order valence-corrected chi connectivity index (χ4v) is 3.87. The minimum absolute atomic E-state index is 0.0201. The van der Waals surface area contributed by atoms with Gasteiger partial charge < -0.3 is 11.1 Å². The highest BCUT2D eigenvalue weighted by Crippen LogP contribution is 2.29. The Hall–Kier alpha value is -3.75. The Morgan fingerprint density at radius 2 is 1.88 bits per heavy atom. The Kier molecular flexibility index (Phi) is 6.13. The van der Waals surface area contributed by atoms with Crippen LogP contribution in [0.25, 0.3) is 16.8 Å². The van der Waals surface area contributed by atoms with Crippen LogP contribution in [-0.2, 0) is 0 Å². The Bertz CT molecular complexity index is 1280. The number of anilines is 1. The van der Waals surface area contributed by atoms with Crippen molar-refractivity contribution in [1.82, 2.24) is 29.7 Å². The molecular weight excluding hydrogens is 421 g/mol. The van der Waals surface area contributed by atoms with Crippen molar-refractivity contribution in [3.8, 4) is 11.1 Å². The molecule has 3 heterocycles. The molecule has 2 unspecified atom stereocenters. The molecule has 0 bridgehead atoms. The first-order chi connectivity index (χ1) is 15.8. The molecule has 1 aromatic carbocycles. The van der Waals surface area contributed by atoms with Crippen molar-refractivity contribution in [2.75, 3.05) is 5.73 Å². The molecule has 0 spiro atoms. The predicted octanol–water partition coefficient (Wildman–Crippen LogP) is 4.09. The summed E-state index contributed by atoms with van der Waals surface area (Å²) in [5.41, 5.74) is 9.14. The number of nitrogen functional groups attached to an aromatic ring is 1. The van der Waals surface area contributed by atoms with E-state index in [1.807, 2.05) is 24.7 Å². The van der Waals surface area contributed by atoms with E-state index in [4.69, 9.17) is 5.73 Å². The summed E-state index contributed by atoms with van der Waals surface area (Å²) < 4.78 is 16.8. The number of pyridine rings is 1. The monoisotopic (exact) mass is 449 g/mol. The van der Waals surface area contributed by atoms with Gasteiger partial charge in [-0.05, 0) is 43.0 Å². The number of hydrogen-bond acceptors (Lipinski definition) is 5. The third-order valence-corrected chi connectivity index (χ3v) is 5.75. The first-order valence-electron chi connectivity index (χ1n) is 11.0. The van der Waals surface area contributed by atoms with Crippen LogP contribution in [0.3, 0.4) is 0 Å². The molecule has 9 heteroatoms. The van der Waals surface area contributed by atoms with Crippen LogP contribution < -0.4 is 11.1 Å². The molecule has 1 amide bonds. The van der Waals surface area contributed by atoms with Crippen molar-refractivity contribution >= 4 is 17.5 Å². The molecule has 0 saturated heterocycles. The number of benzene rings is 1. The van der Waals surface area contributed by atoms with Crippen LogP contribution in [0.15, 0.2) is 48.9 Å². The molecule has 0 aliphatic carbocycles. The maximum atomic E-state index is 13.4. The van der Waals surface area contributed by atoms with Gasteiger partial charge in [-0.3, -0.25) is 9.48 Å². The summed E-state index contributed by atoms with van der Waals surface area (Å²) in [4.78, 5) is 17.2. The van der Waals surface area contributed by atoms with Gasteiger partial charge in [0.15, 0.2) is 5.65 Å².